The third-order valence-corrected chi connectivity index (χ3v) is 3.87. The SMILES string of the molecule is CN=C(NCCc1cnn(C)c1)NCCc1cccs1. The van der Waals surface area contributed by atoms with E-state index in [9.17, 15) is 0 Å². The molecule has 5 nitrogen and oxygen atoms in total. The number of hydrogen-bond acceptors (Lipinski definition) is 3. The minimum atomic E-state index is 0.852. The Morgan fingerprint density at radius 3 is 2.75 bits per heavy atom. The lowest BCUT2D eigenvalue weighted by atomic mass is 10.2. The third-order valence-electron chi connectivity index (χ3n) is 2.93. The number of nitrogens with zero attached hydrogens (tertiary/aromatic N) is 3. The summed E-state index contributed by atoms with van der Waals surface area (Å²) in [6.07, 6.45) is 5.91. The molecule has 0 spiro atoms. The van der Waals surface area contributed by atoms with Crippen molar-refractivity contribution in [2.45, 2.75) is 12.8 Å². The molecule has 2 aromatic rings. The highest BCUT2D eigenvalue weighted by Crippen LogP contribution is 2.07. The van der Waals surface area contributed by atoms with Crippen molar-refractivity contribution >= 4 is 17.3 Å². The van der Waals surface area contributed by atoms with Crippen molar-refractivity contribution in [1.82, 2.24) is 20.4 Å². The maximum atomic E-state index is 4.22. The maximum absolute atomic E-state index is 4.22. The predicted molar refractivity (Wildman–Crippen MR) is 84.3 cm³/mol. The molecule has 0 bridgehead atoms. The number of nitrogens with one attached hydrogen (secondary N) is 2. The lowest BCUT2D eigenvalue weighted by molar-refractivity contribution is 0.764. The fourth-order valence-electron chi connectivity index (χ4n) is 1.91. The molecule has 0 aliphatic heterocycles. The van der Waals surface area contributed by atoms with Gasteiger partial charge in [-0.3, -0.25) is 9.67 Å². The van der Waals surface area contributed by atoms with Gasteiger partial charge in [0.05, 0.1) is 6.20 Å². The molecular formula is C14H21N5S. The lowest BCUT2D eigenvalue weighted by Gasteiger charge is -2.10. The van der Waals surface area contributed by atoms with Crippen LogP contribution in [-0.4, -0.2) is 35.9 Å². The van der Waals surface area contributed by atoms with Crippen molar-refractivity contribution in [3.05, 3.63) is 40.3 Å². The lowest BCUT2D eigenvalue weighted by Crippen LogP contribution is -2.39. The molecule has 0 amide bonds. The van der Waals surface area contributed by atoms with Gasteiger partial charge in [-0.1, -0.05) is 6.07 Å². The van der Waals surface area contributed by atoms with Crippen LogP contribution >= 0.6 is 11.3 Å². The molecule has 0 saturated heterocycles. The zero-order valence-corrected chi connectivity index (χ0v) is 12.8. The van der Waals surface area contributed by atoms with Crippen LogP contribution < -0.4 is 10.6 Å². The summed E-state index contributed by atoms with van der Waals surface area (Å²) in [5.41, 5.74) is 1.23. The van der Waals surface area contributed by atoms with Crippen molar-refractivity contribution < 1.29 is 0 Å². The largest absolute Gasteiger partial charge is 0.356 e. The molecule has 6 heteroatoms. The van der Waals surface area contributed by atoms with Crippen LogP contribution in [0.15, 0.2) is 34.9 Å². The first-order chi connectivity index (χ1) is 9.78. The molecular weight excluding hydrogens is 270 g/mol. The summed E-state index contributed by atoms with van der Waals surface area (Å²) in [7, 11) is 3.73. The van der Waals surface area contributed by atoms with E-state index in [4.69, 9.17) is 0 Å². The van der Waals surface area contributed by atoms with Crippen molar-refractivity contribution in [1.29, 1.82) is 0 Å². The van der Waals surface area contributed by atoms with Gasteiger partial charge in [-0.05, 0) is 29.9 Å². The second-order valence-corrected chi connectivity index (χ2v) is 5.56. The Kier molecular flexibility index (Phi) is 5.61. The normalized spacial score (nSPS) is 11.6. The Bertz CT molecular complexity index is 530. The Labute approximate surface area is 123 Å². The molecule has 0 atom stereocenters. The van der Waals surface area contributed by atoms with E-state index in [1.54, 1.807) is 18.4 Å². The van der Waals surface area contributed by atoms with Crippen LogP contribution in [0.4, 0.5) is 0 Å². The van der Waals surface area contributed by atoms with E-state index in [2.05, 4.69) is 38.2 Å². The monoisotopic (exact) mass is 291 g/mol. The van der Waals surface area contributed by atoms with E-state index in [0.717, 1.165) is 31.9 Å². The minimum absolute atomic E-state index is 0.852. The topological polar surface area (TPSA) is 54.2 Å². The fourth-order valence-corrected chi connectivity index (χ4v) is 2.61. The van der Waals surface area contributed by atoms with Crippen LogP contribution in [0.2, 0.25) is 0 Å². The van der Waals surface area contributed by atoms with Gasteiger partial charge in [0.15, 0.2) is 5.96 Å². The number of rotatable bonds is 6. The molecule has 0 fully saturated rings. The van der Waals surface area contributed by atoms with Gasteiger partial charge in [-0.15, -0.1) is 11.3 Å². The second-order valence-electron chi connectivity index (χ2n) is 4.53. The highest BCUT2D eigenvalue weighted by atomic mass is 32.1. The zero-order chi connectivity index (χ0) is 14.2. The Balaban J connectivity index is 1.65. The summed E-state index contributed by atoms with van der Waals surface area (Å²) < 4.78 is 1.82. The summed E-state index contributed by atoms with van der Waals surface area (Å²) in [6, 6.07) is 4.24. The zero-order valence-electron chi connectivity index (χ0n) is 12.0. The molecule has 0 aliphatic carbocycles. The number of aryl methyl sites for hydroxylation is 1. The van der Waals surface area contributed by atoms with Gasteiger partial charge in [0.25, 0.3) is 0 Å². The predicted octanol–water partition coefficient (Wildman–Crippen LogP) is 1.43. The maximum Gasteiger partial charge on any atom is 0.190 e. The van der Waals surface area contributed by atoms with Crippen molar-refractivity contribution in [2.24, 2.45) is 12.0 Å². The number of aliphatic imine (C=N–C) groups is 1. The highest BCUT2D eigenvalue weighted by molar-refractivity contribution is 7.09. The van der Waals surface area contributed by atoms with Crippen LogP contribution in [0.5, 0.6) is 0 Å². The van der Waals surface area contributed by atoms with Crippen molar-refractivity contribution in [3.8, 4) is 0 Å². The number of aromatic nitrogens is 2. The average molecular weight is 291 g/mol. The molecule has 0 saturated carbocycles. The van der Waals surface area contributed by atoms with Crippen LogP contribution in [0.3, 0.4) is 0 Å². The van der Waals surface area contributed by atoms with Gasteiger partial charge in [-0.25, -0.2) is 0 Å². The fraction of sp³-hybridized carbons (Fsp3) is 0.429. The van der Waals surface area contributed by atoms with Crippen LogP contribution in [0.1, 0.15) is 10.4 Å². The van der Waals surface area contributed by atoms with Crippen LogP contribution in [-0.2, 0) is 19.9 Å². The number of thiophene rings is 1. The van der Waals surface area contributed by atoms with E-state index >= 15 is 0 Å². The standard InChI is InChI=1S/C14H21N5S/c1-15-14(17-8-6-13-4-3-9-20-13)16-7-5-12-10-18-19(2)11-12/h3-4,9-11H,5-8H2,1-2H3,(H2,15,16,17). The van der Waals surface area contributed by atoms with Gasteiger partial charge in [0.1, 0.15) is 0 Å². The van der Waals surface area contributed by atoms with E-state index in [0.29, 0.717) is 0 Å². The van der Waals surface area contributed by atoms with E-state index in [-0.39, 0.29) is 0 Å². The Morgan fingerprint density at radius 2 is 2.15 bits per heavy atom. The number of guanidine groups is 1. The number of hydrogen-bond donors (Lipinski definition) is 2. The summed E-state index contributed by atoms with van der Waals surface area (Å²) in [6.45, 7) is 1.75. The smallest absolute Gasteiger partial charge is 0.190 e. The van der Waals surface area contributed by atoms with E-state index in [1.807, 2.05) is 24.1 Å². The minimum Gasteiger partial charge on any atom is -0.356 e. The van der Waals surface area contributed by atoms with Gasteiger partial charge in [0, 0.05) is 38.3 Å². The Hall–Kier alpha value is -1.82. The van der Waals surface area contributed by atoms with Gasteiger partial charge < -0.3 is 10.6 Å². The van der Waals surface area contributed by atoms with E-state index in [1.165, 1.54) is 10.4 Å². The molecule has 2 aromatic heterocycles. The average Bonchev–Trinajstić information content (AvgIpc) is 3.09. The van der Waals surface area contributed by atoms with Gasteiger partial charge in [-0.2, -0.15) is 5.10 Å². The molecule has 108 valence electrons. The first kappa shape index (κ1) is 14.6. The van der Waals surface area contributed by atoms with Crippen LogP contribution in [0.25, 0.3) is 0 Å². The van der Waals surface area contributed by atoms with Crippen molar-refractivity contribution in [2.75, 3.05) is 20.1 Å². The highest BCUT2D eigenvalue weighted by Gasteiger charge is 2.00. The summed E-state index contributed by atoms with van der Waals surface area (Å²) in [5, 5.41) is 12.9. The molecule has 20 heavy (non-hydrogen) atoms. The van der Waals surface area contributed by atoms with Gasteiger partial charge >= 0.3 is 0 Å². The molecule has 0 aliphatic rings. The molecule has 2 heterocycles. The molecule has 2 rings (SSSR count). The molecule has 0 aromatic carbocycles. The van der Waals surface area contributed by atoms with Crippen LogP contribution in [0, 0.1) is 0 Å². The third kappa shape index (κ3) is 4.70. The molecule has 0 radical (unpaired) electrons. The molecule has 2 N–H and O–H groups in total. The first-order valence-electron chi connectivity index (χ1n) is 6.72. The van der Waals surface area contributed by atoms with Gasteiger partial charge in [0.2, 0.25) is 0 Å². The van der Waals surface area contributed by atoms with Crippen molar-refractivity contribution in [3.63, 3.8) is 0 Å². The Morgan fingerprint density at radius 1 is 1.35 bits per heavy atom. The molecule has 0 unspecified atom stereocenters. The quantitative estimate of drug-likeness (QED) is 0.625. The first-order valence-corrected chi connectivity index (χ1v) is 7.60. The summed E-state index contributed by atoms with van der Waals surface area (Å²) in [4.78, 5) is 5.61. The second kappa shape index (κ2) is 7.69. The summed E-state index contributed by atoms with van der Waals surface area (Å²) in [5.74, 6) is 0.852. The van der Waals surface area contributed by atoms with E-state index < -0.39 is 0 Å². The summed E-state index contributed by atoms with van der Waals surface area (Å²) >= 11 is 1.79.